The number of halogens is 1. The van der Waals surface area contributed by atoms with E-state index in [0.29, 0.717) is 5.82 Å². The first-order chi connectivity index (χ1) is 14.1. The van der Waals surface area contributed by atoms with Crippen LogP contribution in [-0.2, 0) is 25.7 Å². The number of allylic oxidation sites excluding steroid dienone is 2. The lowest BCUT2D eigenvalue weighted by atomic mass is 9.95. The van der Waals surface area contributed by atoms with Crippen molar-refractivity contribution in [2.75, 3.05) is 11.9 Å². The second-order valence-electron chi connectivity index (χ2n) is 8.30. The molecule has 0 saturated carbocycles. The Balaban J connectivity index is 1.45. The molecule has 6 heteroatoms. The van der Waals surface area contributed by atoms with Crippen molar-refractivity contribution < 1.29 is 4.39 Å². The highest BCUT2D eigenvalue weighted by Gasteiger charge is 2.29. The number of fused-ring (bicyclic) bond motifs is 2. The van der Waals surface area contributed by atoms with Gasteiger partial charge in [0.15, 0.2) is 0 Å². The maximum atomic E-state index is 14.8. The first-order valence-corrected chi connectivity index (χ1v) is 11.6. The van der Waals surface area contributed by atoms with Crippen molar-refractivity contribution in [2.24, 2.45) is 5.92 Å². The SMILES string of the molecule is C=C(NS/C(C=N)=C1\CCC(CC)CN1)Nc1c2c(c(F)c3c1CCC3)CCC2. The van der Waals surface area contributed by atoms with Crippen molar-refractivity contribution in [1.29, 1.82) is 5.41 Å². The molecule has 1 aromatic rings. The average molecular weight is 415 g/mol. The fourth-order valence-electron chi connectivity index (χ4n) is 4.88. The minimum atomic E-state index is 0.0491. The Morgan fingerprint density at radius 3 is 2.38 bits per heavy atom. The molecule has 4 rings (SSSR count). The average Bonchev–Trinajstić information content (AvgIpc) is 3.42. The summed E-state index contributed by atoms with van der Waals surface area (Å²) in [6.07, 6.45) is 10.3. The van der Waals surface area contributed by atoms with Crippen molar-refractivity contribution in [3.05, 3.63) is 51.1 Å². The van der Waals surface area contributed by atoms with Crippen molar-refractivity contribution in [1.82, 2.24) is 10.0 Å². The standard InChI is InChI=1S/C23H31FN4S/c1-3-15-10-11-20(26-13-15)21(12-25)29-28-14(2)27-23-18-8-4-6-16(18)22(24)17-7-5-9-19(17)23/h12,15,25-28H,2-11,13H2,1H3/b21-20+,25-12?. The molecular formula is C23H31FN4S. The third-order valence-electron chi connectivity index (χ3n) is 6.54. The van der Waals surface area contributed by atoms with Crippen molar-refractivity contribution >= 4 is 23.8 Å². The van der Waals surface area contributed by atoms with E-state index in [4.69, 9.17) is 5.41 Å². The summed E-state index contributed by atoms with van der Waals surface area (Å²) in [4.78, 5) is 0.900. The summed E-state index contributed by atoms with van der Waals surface area (Å²) in [5.74, 6) is 1.46. The predicted molar refractivity (Wildman–Crippen MR) is 121 cm³/mol. The molecule has 0 bridgehead atoms. The molecule has 1 heterocycles. The summed E-state index contributed by atoms with van der Waals surface area (Å²) >= 11 is 1.42. The van der Waals surface area contributed by atoms with Crippen molar-refractivity contribution in [2.45, 2.75) is 64.7 Å². The van der Waals surface area contributed by atoms with Gasteiger partial charge >= 0.3 is 0 Å². The molecule has 4 nitrogen and oxygen atoms in total. The molecule has 4 N–H and O–H groups in total. The van der Waals surface area contributed by atoms with Gasteiger partial charge in [-0.25, -0.2) is 4.39 Å². The van der Waals surface area contributed by atoms with Crippen LogP contribution in [0.3, 0.4) is 0 Å². The number of benzene rings is 1. The van der Waals surface area contributed by atoms with Crippen LogP contribution < -0.4 is 15.4 Å². The van der Waals surface area contributed by atoms with Crippen LogP contribution in [0, 0.1) is 17.1 Å². The Bertz CT molecular complexity index is 816. The predicted octanol–water partition coefficient (Wildman–Crippen LogP) is 5.19. The molecule has 1 unspecified atom stereocenters. The van der Waals surface area contributed by atoms with E-state index in [1.165, 1.54) is 31.0 Å². The van der Waals surface area contributed by atoms with Gasteiger partial charge < -0.3 is 20.8 Å². The van der Waals surface area contributed by atoms with E-state index in [1.807, 2.05) is 0 Å². The van der Waals surface area contributed by atoms with Crippen molar-refractivity contribution in [3.8, 4) is 0 Å². The largest absolute Gasteiger partial charge is 0.387 e. The molecule has 1 saturated heterocycles. The molecule has 1 aliphatic heterocycles. The summed E-state index contributed by atoms with van der Waals surface area (Å²) in [5.41, 5.74) is 6.32. The Kier molecular flexibility index (Phi) is 6.18. The van der Waals surface area contributed by atoms with Gasteiger partial charge in [0.25, 0.3) is 0 Å². The number of nitrogens with one attached hydrogen (secondary N) is 4. The van der Waals surface area contributed by atoms with Gasteiger partial charge in [-0.05, 0) is 91.5 Å². The lowest BCUT2D eigenvalue weighted by Crippen LogP contribution is -2.29. The van der Waals surface area contributed by atoms with E-state index in [9.17, 15) is 4.39 Å². The number of anilines is 1. The highest BCUT2D eigenvalue weighted by molar-refractivity contribution is 8.02. The van der Waals surface area contributed by atoms with E-state index in [1.54, 1.807) is 0 Å². The summed E-state index contributed by atoms with van der Waals surface area (Å²) in [5, 5.41) is 14.8. The molecule has 0 aromatic heterocycles. The van der Waals surface area contributed by atoms with E-state index >= 15 is 0 Å². The molecule has 0 spiro atoms. The smallest absolute Gasteiger partial charge is 0.130 e. The Morgan fingerprint density at radius 1 is 1.17 bits per heavy atom. The zero-order valence-electron chi connectivity index (χ0n) is 17.2. The van der Waals surface area contributed by atoms with Crippen molar-refractivity contribution in [3.63, 3.8) is 0 Å². The molecule has 0 amide bonds. The minimum absolute atomic E-state index is 0.0491. The van der Waals surface area contributed by atoms with Crippen LogP contribution in [0.5, 0.6) is 0 Å². The highest BCUT2D eigenvalue weighted by atomic mass is 32.2. The van der Waals surface area contributed by atoms with Crippen LogP contribution >= 0.6 is 11.9 Å². The third kappa shape index (κ3) is 4.04. The number of rotatable bonds is 7. The van der Waals surface area contributed by atoms with E-state index in [0.717, 1.165) is 96.0 Å². The Labute approximate surface area is 177 Å². The zero-order valence-corrected chi connectivity index (χ0v) is 18.0. The molecule has 2 aliphatic carbocycles. The quantitative estimate of drug-likeness (QED) is 0.366. The maximum absolute atomic E-state index is 14.8. The molecule has 1 atom stereocenters. The molecule has 1 aromatic carbocycles. The van der Waals surface area contributed by atoms with Gasteiger partial charge in [0.05, 0.1) is 4.91 Å². The fraction of sp³-hybridized carbons (Fsp3) is 0.522. The zero-order chi connectivity index (χ0) is 20.4. The Hall–Kier alpha value is -1.95. The molecule has 3 aliphatic rings. The van der Waals surface area contributed by atoms with Crippen LogP contribution in [0.1, 0.15) is 61.3 Å². The van der Waals surface area contributed by atoms with Gasteiger partial charge in [-0.3, -0.25) is 0 Å². The molecular weight excluding hydrogens is 383 g/mol. The molecule has 156 valence electrons. The summed E-state index contributed by atoms with van der Waals surface area (Å²) in [6, 6.07) is 0. The van der Waals surface area contributed by atoms with Gasteiger partial charge in [-0.15, -0.1) is 0 Å². The second-order valence-corrected chi connectivity index (χ2v) is 9.15. The van der Waals surface area contributed by atoms with Crippen LogP contribution in [0.2, 0.25) is 0 Å². The topological polar surface area (TPSA) is 59.9 Å². The monoisotopic (exact) mass is 414 g/mol. The van der Waals surface area contributed by atoms with E-state index in [2.05, 4.69) is 28.9 Å². The normalized spacial score (nSPS) is 21.8. The van der Waals surface area contributed by atoms with Gasteiger partial charge in [0, 0.05) is 24.1 Å². The van der Waals surface area contributed by atoms with E-state index < -0.39 is 0 Å². The van der Waals surface area contributed by atoms with Gasteiger partial charge in [-0.1, -0.05) is 19.9 Å². The van der Waals surface area contributed by atoms with Gasteiger partial charge in [0.1, 0.15) is 11.6 Å². The summed E-state index contributed by atoms with van der Waals surface area (Å²) < 4.78 is 18.1. The van der Waals surface area contributed by atoms with Crippen LogP contribution in [-0.4, -0.2) is 12.8 Å². The highest BCUT2D eigenvalue weighted by Crippen LogP contribution is 2.41. The van der Waals surface area contributed by atoms with Gasteiger partial charge in [-0.2, -0.15) is 0 Å². The third-order valence-corrected chi connectivity index (χ3v) is 7.47. The summed E-state index contributed by atoms with van der Waals surface area (Å²) in [7, 11) is 0. The lowest BCUT2D eigenvalue weighted by Gasteiger charge is -2.26. The molecule has 29 heavy (non-hydrogen) atoms. The minimum Gasteiger partial charge on any atom is -0.387 e. The fourth-order valence-corrected chi connectivity index (χ4v) is 5.52. The van der Waals surface area contributed by atoms with Crippen LogP contribution in [0.25, 0.3) is 0 Å². The summed E-state index contributed by atoms with van der Waals surface area (Å²) in [6.45, 7) is 7.36. The number of hydrogen-bond acceptors (Lipinski definition) is 5. The van der Waals surface area contributed by atoms with Crippen LogP contribution in [0.15, 0.2) is 23.0 Å². The molecule has 0 radical (unpaired) electrons. The number of piperidine rings is 1. The lowest BCUT2D eigenvalue weighted by molar-refractivity contribution is 0.404. The first-order valence-electron chi connectivity index (χ1n) is 10.8. The second kappa shape index (κ2) is 8.82. The van der Waals surface area contributed by atoms with Gasteiger partial charge in [0.2, 0.25) is 0 Å². The first kappa shape index (κ1) is 20.3. The number of hydrogen-bond donors (Lipinski definition) is 4. The molecule has 1 fully saturated rings. The van der Waals surface area contributed by atoms with Crippen LogP contribution in [0.4, 0.5) is 10.1 Å². The Morgan fingerprint density at radius 2 is 1.83 bits per heavy atom. The maximum Gasteiger partial charge on any atom is 0.130 e. The van der Waals surface area contributed by atoms with E-state index in [-0.39, 0.29) is 5.82 Å².